The maximum Gasteiger partial charge on any atom is 0.0905 e. The molecule has 3 heteroatoms. The van der Waals surface area contributed by atoms with Crippen LogP contribution in [0.5, 0.6) is 0 Å². The topological polar surface area (TPSA) is 53.1 Å². The van der Waals surface area contributed by atoms with Crippen molar-refractivity contribution >= 4 is 5.84 Å². The predicted octanol–water partition coefficient (Wildman–Crippen LogP) is 2.85. The lowest BCUT2D eigenvalue weighted by Gasteiger charge is -2.25. The summed E-state index contributed by atoms with van der Waals surface area (Å²) in [5.41, 5.74) is 5.34. The van der Waals surface area contributed by atoms with Crippen LogP contribution in [0.4, 0.5) is 0 Å². The highest BCUT2D eigenvalue weighted by atomic mass is 15.1. The van der Waals surface area contributed by atoms with E-state index in [1.807, 2.05) is 0 Å². The Labute approximate surface area is 101 Å². The third-order valence-electron chi connectivity index (χ3n) is 3.29. The van der Waals surface area contributed by atoms with Crippen molar-refractivity contribution in [2.45, 2.75) is 52.9 Å². The Bertz CT molecular complexity index is 176. The number of amidine groups is 1. The second-order valence-corrected chi connectivity index (χ2v) is 4.56. The molecule has 16 heavy (non-hydrogen) atoms. The molecule has 3 nitrogen and oxygen atoms in total. The fourth-order valence-corrected chi connectivity index (χ4v) is 1.94. The van der Waals surface area contributed by atoms with Crippen molar-refractivity contribution in [2.24, 2.45) is 11.7 Å². The SMILES string of the molecule is CCC(CC)CN(CC)CCCCC(=N)N. The van der Waals surface area contributed by atoms with E-state index in [0.717, 1.165) is 38.3 Å². The molecule has 0 aromatic rings. The van der Waals surface area contributed by atoms with E-state index < -0.39 is 0 Å². The second kappa shape index (κ2) is 9.64. The molecule has 0 atom stereocenters. The van der Waals surface area contributed by atoms with Crippen molar-refractivity contribution in [2.75, 3.05) is 19.6 Å². The molecule has 0 bridgehead atoms. The Morgan fingerprint density at radius 3 is 2.25 bits per heavy atom. The van der Waals surface area contributed by atoms with Crippen LogP contribution in [0.3, 0.4) is 0 Å². The summed E-state index contributed by atoms with van der Waals surface area (Å²) >= 11 is 0. The van der Waals surface area contributed by atoms with E-state index in [1.54, 1.807) is 0 Å². The summed E-state index contributed by atoms with van der Waals surface area (Å²) in [6.45, 7) is 10.3. The van der Waals surface area contributed by atoms with Gasteiger partial charge >= 0.3 is 0 Å². The first kappa shape index (κ1) is 15.4. The highest BCUT2D eigenvalue weighted by Crippen LogP contribution is 2.10. The Balaban J connectivity index is 3.69. The Kier molecular flexibility index (Phi) is 9.30. The van der Waals surface area contributed by atoms with Gasteiger partial charge in [-0.15, -0.1) is 0 Å². The molecule has 0 radical (unpaired) electrons. The fraction of sp³-hybridized carbons (Fsp3) is 0.923. The van der Waals surface area contributed by atoms with Crippen LogP contribution in [0.25, 0.3) is 0 Å². The average Bonchev–Trinajstić information content (AvgIpc) is 2.28. The van der Waals surface area contributed by atoms with Gasteiger partial charge in [-0.05, 0) is 31.8 Å². The summed E-state index contributed by atoms with van der Waals surface area (Å²) in [7, 11) is 0. The van der Waals surface area contributed by atoms with Crippen LogP contribution in [0, 0.1) is 11.3 Å². The Hall–Kier alpha value is -0.570. The van der Waals surface area contributed by atoms with Crippen LogP contribution in [0.1, 0.15) is 52.9 Å². The monoisotopic (exact) mass is 227 g/mol. The van der Waals surface area contributed by atoms with Crippen molar-refractivity contribution in [1.82, 2.24) is 4.90 Å². The smallest absolute Gasteiger partial charge is 0.0905 e. The minimum Gasteiger partial charge on any atom is -0.388 e. The van der Waals surface area contributed by atoms with Gasteiger partial charge in [-0.25, -0.2) is 0 Å². The molecule has 0 aromatic heterocycles. The number of hydrogen-bond acceptors (Lipinski definition) is 2. The van der Waals surface area contributed by atoms with E-state index in [1.165, 1.54) is 19.4 Å². The van der Waals surface area contributed by atoms with Crippen molar-refractivity contribution in [3.8, 4) is 0 Å². The largest absolute Gasteiger partial charge is 0.388 e. The summed E-state index contributed by atoms with van der Waals surface area (Å²) < 4.78 is 0. The lowest BCUT2D eigenvalue weighted by atomic mass is 10.0. The van der Waals surface area contributed by atoms with Crippen molar-refractivity contribution in [3.63, 3.8) is 0 Å². The third-order valence-corrected chi connectivity index (χ3v) is 3.29. The van der Waals surface area contributed by atoms with Gasteiger partial charge in [0.2, 0.25) is 0 Å². The van der Waals surface area contributed by atoms with Gasteiger partial charge in [-0.1, -0.05) is 33.6 Å². The molecular weight excluding hydrogens is 198 g/mol. The lowest BCUT2D eigenvalue weighted by Crippen LogP contribution is -2.30. The van der Waals surface area contributed by atoms with Crippen LogP contribution >= 0.6 is 0 Å². The summed E-state index contributed by atoms with van der Waals surface area (Å²) in [6, 6.07) is 0. The quantitative estimate of drug-likeness (QED) is 0.342. The third kappa shape index (κ3) is 7.69. The first-order valence-electron chi connectivity index (χ1n) is 6.69. The minimum absolute atomic E-state index is 0.322. The molecule has 0 saturated heterocycles. The molecule has 3 N–H and O–H groups in total. The fourth-order valence-electron chi connectivity index (χ4n) is 1.94. The standard InChI is InChI=1S/C13H29N3/c1-4-12(5-2)11-16(6-3)10-8-7-9-13(14)15/h12H,4-11H2,1-3H3,(H3,14,15). The highest BCUT2D eigenvalue weighted by Gasteiger charge is 2.09. The zero-order chi connectivity index (χ0) is 12.4. The van der Waals surface area contributed by atoms with Gasteiger partial charge < -0.3 is 10.6 Å². The zero-order valence-corrected chi connectivity index (χ0v) is 11.3. The molecule has 0 saturated carbocycles. The molecule has 0 aliphatic rings. The maximum absolute atomic E-state index is 7.16. The summed E-state index contributed by atoms with van der Waals surface area (Å²) in [5, 5.41) is 7.16. The molecule has 0 fully saturated rings. The highest BCUT2D eigenvalue weighted by molar-refractivity contribution is 5.76. The van der Waals surface area contributed by atoms with Crippen LogP contribution in [0.2, 0.25) is 0 Å². The van der Waals surface area contributed by atoms with Crippen LogP contribution in [0.15, 0.2) is 0 Å². The minimum atomic E-state index is 0.322. The predicted molar refractivity (Wildman–Crippen MR) is 72.0 cm³/mol. The van der Waals surface area contributed by atoms with Gasteiger partial charge in [0.25, 0.3) is 0 Å². The number of rotatable bonds is 10. The second-order valence-electron chi connectivity index (χ2n) is 4.56. The first-order valence-corrected chi connectivity index (χ1v) is 6.69. The van der Waals surface area contributed by atoms with E-state index in [4.69, 9.17) is 11.1 Å². The number of hydrogen-bond donors (Lipinski definition) is 2. The van der Waals surface area contributed by atoms with Gasteiger partial charge in [-0.2, -0.15) is 0 Å². The van der Waals surface area contributed by atoms with Gasteiger partial charge in [-0.3, -0.25) is 5.41 Å². The van der Waals surface area contributed by atoms with Gasteiger partial charge in [0.15, 0.2) is 0 Å². The van der Waals surface area contributed by atoms with Crippen LogP contribution < -0.4 is 5.73 Å². The number of nitrogens with one attached hydrogen (secondary N) is 1. The van der Waals surface area contributed by atoms with E-state index in [2.05, 4.69) is 25.7 Å². The van der Waals surface area contributed by atoms with Crippen molar-refractivity contribution < 1.29 is 0 Å². The Morgan fingerprint density at radius 2 is 1.81 bits per heavy atom. The molecule has 0 aromatic carbocycles. The number of nitrogens with two attached hydrogens (primary N) is 1. The molecular formula is C13H29N3. The summed E-state index contributed by atoms with van der Waals surface area (Å²) in [5.74, 6) is 1.16. The van der Waals surface area contributed by atoms with Crippen LogP contribution in [-0.2, 0) is 0 Å². The summed E-state index contributed by atoms with van der Waals surface area (Å²) in [4.78, 5) is 2.53. The van der Waals surface area contributed by atoms with Crippen molar-refractivity contribution in [3.05, 3.63) is 0 Å². The lowest BCUT2D eigenvalue weighted by molar-refractivity contribution is 0.230. The van der Waals surface area contributed by atoms with E-state index in [0.29, 0.717) is 5.84 Å². The first-order chi connectivity index (χ1) is 7.63. The maximum atomic E-state index is 7.16. The molecule has 0 amide bonds. The molecule has 0 aliphatic carbocycles. The number of nitrogens with zero attached hydrogens (tertiary/aromatic N) is 1. The zero-order valence-electron chi connectivity index (χ0n) is 11.3. The average molecular weight is 227 g/mol. The summed E-state index contributed by atoms with van der Waals surface area (Å²) in [6.07, 6.45) is 5.52. The van der Waals surface area contributed by atoms with E-state index >= 15 is 0 Å². The van der Waals surface area contributed by atoms with Gasteiger partial charge in [0, 0.05) is 13.0 Å². The molecule has 0 aliphatic heterocycles. The molecule has 0 rings (SSSR count). The normalized spacial score (nSPS) is 11.3. The molecule has 0 heterocycles. The van der Waals surface area contributed by atoms with Crippen LogP contribution in [-0.4, -0.2) is 30.4 Å². The molecule has 0 spiro atoms. The van der Waals surface area contributed by atoms with Gasteiger partial charge in [0.05, 0.1) is 5.84 Å². The van der Waals surface area contributed by atoms with Crippen molar-refractivity contribution in [1.29, 1.82) is 5.41 Å². The molecule has 0 unspecified atom stereocenters. The van der Waals surface area contributed by atoms with E-state index in [9.17, 15) is 0 Å². The Morgan fingerprint density at radius 1 is 1.19 bits per heavy atom. The van der Waals surface area contributed by atoms with Gasteiger partial charge in [0.1, 0.15) is 0 Å². The molecule has 96 valence electrons. The number of unbranched alkanes of at least 4 members (excludes halogenated alkanes) is 1. The van der Waals surface area contributed by atoms with E-state index in [-0.39, 0.29) is 0 Å².